The minimum Gasteiger partial charge on any atom is -0.487 e. The smallest absolute Gasteiger partial charge is 0.204 e. The van der Waals surface area contributed by atoms with Crippen LogP contribution in [-0.4, -0.2) is 70.7 Å². The van der Waals surface area contributed by atoms with Crippen LogP contribution in [0.2, 0.25) is 0 Å². The van der Waals surface area contributed by atoms with Crippen molar-refractivity contribution in [2.45, 2.75) is 40.3 Å². The van der Waals surface area contributed by atoms with Gasteiger partial charge >= 0.3 is 0 Å². The van der Waals surface area contributed by atoms with E-state index in [0.29, 0.717) is 13.2 Å². The number of nitrogens with zero attached hydrogens (tertiary/aromatic N) is 5. The second-order valence-corrected chi connectivity index (χ2v) is 10.6. The number of ether oxygens (including phenoxy) is 1. The van der Waals surface area contributed by atoms with Gasteiger partial charge in [0.1, 0.15) is 18.1 Å². The van der Waals surface area contributed by atoms with Crippen molar-refractivity contribution in [3.8, 4) is 5.75 Å². The average Bonchev–Trinajstić information content (AvgIpc) is 3.25. The molecule has 0 radical (unpaired) electrons. The molecule has 1 aliphatic rings. The number of aryl methyl sites for hydroxylation is 3. The van der Waals surface area contributed by atoms with Crippen LogP contribution in [0.1, 0.15) is 34.5 Å². The van der Waals surface area contributed by atoms with Gasteiger partial charge in [-0.15, -0.1) is 0 Å². The Kier molecular flexibility index (Phi) is 8.25. The van der Waals surface area contributed by atoms with Crippen LogP contribution in [-0.2, 0) is 13.2 Å². The van der Waals surface area contributed by atoms with Crippen molar-refractivity contribution < 1.29 is 4.74 Å². The number of likely N-dealkylation sites (N-methyl/N-ethyl adjacent to an activating group) is 1. The third-order valence-corrected chi connectivity index (χ3v) is 7.34. The standard InChI is InChI=1S/C31H40N6O/c1-23-19-24(2)30-28(20-23)37(31(34-30)32-13-8-14-36-17-15-35(4)16-18-36)21-27-29(12-11-25(3)33-27)38-22-26-9-6-5-7-10-26/h5-7,9-12,19-20H,8,13-18,21-22H2,1-4H3,(H,32,34). The molecule has 1 saturated heterocycles. The lowest BCUT2D eigenvalue weighted by Gasteiger charge is -2.32. The summed E-state index contributed by atoms with van der Waals surface area (Å²) in [5.41, 5.74) is 7.62. The highest BCUT2D eigenvalue weighted by molar-refractivity contribution is 5.83. The van der Waals surface area contributed by atoms with Gasteiger partial charge in [-0.1, -0.05) is 36.4 Å². The number of imidazole rings is 1. The van der Waals surface area contributed by atoms with Gasteiger partial charge in [-0.2, -0.15) is 0 Å². The maximum Gasteiger partial charge on any atom is 0.204 e. The van der Waals surface area contributed by atoms with E-state index in [1.165, 1.54) is 11.1 Å². The number of rotatable bonds is 10. The van der Waals surface area contributed by atoms with Gasteiger partial charge in [-0.25, -0.2) is 4.98 Å². The lowest BCUT2D eigenvalue weighted by atomic mass is 10.1. The zero-order chi connectivity index (χ0) is 26.5. The van der Waals surface area contributed by atoms with E-state index in [-0.39, 0.29) is 0 Å². The molecule has 0 atom stereocenters. The van der Waals surface area contributed by atoms with Crippen molar-refractivity contribution in [1.29, 1.82) is 0 Å². The minimum atomic E-state index is 0.513. The summed E-state index contributed by atoms with van der Waals surface area (Å²) < 4.78 is 8.54. The molecule has 1 N–H and O–H groups in total. The number of pyridine rings is 1. The number of piperazine rings is 1. The van der Waals surface area contributed by atoms with Gasteiger partial charge in [-0.3, -0.25) is 4.98 Å². The Bertz CT molecular complexity index is 1360. The lowest BCUT2D eigenvalue weighted by molar-refractivity contribution is 0.154. The molecule has 2 aromatic heterocycles. The molecular formula is C31H40N6O. The highest BCUT2D eigenvalue weighted by atomic mass is 16.5. The molecule has 0 amide bonds. The normalized spacial score (nSPS) is 14.7. The number of fused-ring (bicyclic) bond motifs is 1. The molecule has 0 saturated carbocycles. The van der Waals surface area contributed by atoms with E-state index in [9.17, 15) is 0 Å². The molecule has 0 unspecified atom stereocenters. The molecular weight excluding hydrogens is 472 g/mol. The largest absolute Gasteiger partial charge is 0.487 e. The Morgan fingerprint density at radius 3 is 2.50 bits per heavy atom. The van der Waals surface area contributed by atoms with Crippen molar-refractivity contribution in [3.05, 3.63) is 82.7 Å². The van der Waals surface area contributed by atoms with E-state index in [4.69, 9.17) is 14.7 Å². The average molecular weight is 513 g/mol. The second kappa shape index (κ2) is 12.0. The molecule has 0 bridgehead atoms. The summed E-state index contributed by atoms with van der Waals surface area (Å²) in [5.74, 6) is 1.70. The summed E-state index contributed by atoms with van der Waals surface area (Å²) in [4.78, 5) is 14.9. The first-order chi connectivity index (χ1) is 18.5. The van der Waals surface area contributed by atoms with Gasteiger partial charge in [-0.05, 0) is 75.7 Å². The zero-order valence-corrected chi connectivity index (χ0v) is 23.2. The van der Waals surface area contributed by atoms with Crippen LogP contribution in [0.3, 0.4) is 0 Å². The Labute approximate surface area is 226 Å². The molecule has 0 spiro atoms. The molecule has 2 aromatic carbocycles. The van der Waals surface area contributed by atoms with Crippen LogP contribution < -0.4 is 10.1 Å². The van der Waals surface area contributed by atoms with E-state index in [1.54, 1.807) is 0 Å². The van der Waals surface area contributed by atoms with Gasteiger partial charge in [0.15, 0.2) is 0 Å². The van der Waals surface area contributed by atoms with Gasteiger partial charge in [0.25, 0.3) is 0 Å². The van der Waals surface area contributed by atoms with Crippen LogP contribution in [0.4, 0.5) is 5.95 Å². The molecule has 38 heavy (non-hydrogen) atoms. The Hall–Kier alpha value is -3.42. The fourth-order valence-electron chi connectivity index (χ4n) is 5.17. The predicted molar refractivity (Wildman–Crippen MR) is 155 cm³/mol. The summed E-state index contributed by atoms with van der Waals surface area (Å²) in [6.07, 6.45) is 1.08. The Morgan fingerprint density at radius 2 is 1.71 bits per heavy atom. The second-order valence-electron chi connectivity index (χ2n) is 10.6. The number of nitrogens with one attached hydrogen (secondary N) is 1. The molecule has 4 aromatic rings. The van der Waals surface area contributed by atoms with Gasteiger partial charge in [0, 0.05) is 38.4 Å². The summed E-state index contributed by atoms with van der Waals surface area (Å²) in [7, 11) is 2.20. The van der Waals surface area contributed by atoms with Crippen LogP contribution >= 0.6 is 0 Å². The van der Waals surface area contributed by atoms with Gasteiger partial charge in [0.2, 0.25) is 5.95 Å². The first-order valence-electron chi connectivity index (χ1n) is 13.7. The van der Waals surface area contributed by atoms with E-state index >= 15 is 0 Å². The van der Waals surface area contributed by atoms with Crippen LogP contribution in [0.25, 0.3) is 11.0 Å². The molecule has 7 nitrogen and oxygen atoms in total. The van der Waals surface area contributed by atoms with Crippen molar-refractivity contribution in [2.75, 3.05) is 51.6 Å². The number of anilines is 1. The highest BCUT2D eigenvalue weighted by Gasteiger charge is 2.17. The highest BCUT2D eigenvalue weighted by Crippen LogP contribution is 2.28. The molecule has 1 aliphatic heterocycles. The van der Waals surface area contributed by atoms with E-state index < -0.39 is 0 Å². The maximum absolute atomic E-state index is 6.27. The number of benzene rings is 2. The zero-order valence-electron chi connectivity index (χ0n) is 23.2. The van der Waals surface area contributed by atoms with E-state index in [0.717, 1.165) is 85.4 Å². The van der Waals surface area contributed by atoms with Gasteiger partial charge in [0.05, 0.1) is 17.6 Å². The number of aromatic nitrogens is 3. The van der Waals surface area contributed by atoms with Gasteiger partial charge < -0.3 is 24.4 Å². The summed E-state index contributed by atoms with van der Waals surface area (Å²) in [6.45, 7) is 14.0. The summed E-state index contributed by atoms with van der Waals surface area (Å²) >= 11 is 0. The van der Waals surface area contributed by atoms with Crippen molar-refractivity contribution in [3.63, 3.8) is 0 Å². The maximum atomic E-state index is 6.27. The first kappa shape index (κ1) is 26.2. The monoisotopic (exact) mass is 512 g/mol. The SMILES string of the molecule is Cc1cc(C)c2nc(NCCCN3CCN(C)CC3)n(Cc3nc(C)ccc3OCc3ccccc3)c2c1. The van der Waals surface area contributed by atoms with Crippen molar-refractivity contribution in [2.24, 2.45) is 0 Å². The lowest BCUT2D eigenvalue weighted by Crippen LogP contribution is -2.44. The topological polar surface area (TPSA) is 58.5 Å². The molecule has 1 fully saturated rings. The molecule has 200 valence electrons. The van der Waals surface area contributed by atoms with E-state index in [2.05, 4.69) is 64.8 Å². The Balaban J connectivity index is 1.36. The molecule has 3 heterocycles. The van der Waals surface area contributed by atoms with Crippen molar-refractivity contribution >= 4 is 17.0 Å². The third-order valence-electron chi connectivity index (χ3n) is 7.34. The Morgan fingerprint density at radius 1 is 0.921 bits per heavy atom. The molecule has 5 rings (SSSR count). The summed E-state index contributed by atoms with van der Waals surface area (Å²) in [6, 6.07) is 18.8. The molecule has 0 aliphatic carbocycles. The van der Waals surface area contributed by atoms with Crippen molar-refractivity contribution in [1.82, 2.24) is 24.3 Å². The first-order valence-corrected chi connectivity index (χ1v) is 13.7. The van der Waals surface area contributed by atoms with Crippen LogP contribution in [0.5, 0.6) is 5.75 Å². The fourth-order valence-corrected chi connectivity index (χ4v) is 5.17. The summed E-state index contributed by atoms with van der Waals surface area (Å²) in [5, 5.41) is 3.66. The molecule has 7 heteroatoms. The fraction of sp³-hybridized carbons (Fsp3) is 0.419. The third kappa shape index (κ3) is 6.34. The van der Waals surface area contributed by atoms with Crippen LogP contribution in [0, 0.1) is 20.8 Å². The predicted octanol–water partition coefficient (Wildman–Crippen LogP) is 5.03. The minimum absolute atomic E-state index is 0.513. The number of hydrogen-bond acceptors (Lipinski definition) is 6. The number of hydrogen-bond donors (Lipinski definition) is 1. The quantitative estimate of drug-likeness (QED) is 0.301. The van der Waals surface area contributed by atoms with E-state index in [1.807, 2.05) is 37.3 Å². The van der Waals surface area contributed by atoms with Crippen LogP contribution in [0.15, 0.2) is 54.6 Å².